The Morgan fingerprint density at radius 3 is 1.42 bits per heavy atom. The van der Waals surface area contributed by atoms with Crippen molar-refractivity contribution in [2.24, 2.45) is 0 Å². The van der Waals surface area contributed by atoms with Gasteiger partial charge in [0.15, 0.2) is 18.7 Å². The van der Waals surface area contributed by atoms with Crippen molar-refractivity contribution in [1.29, 1.82) is 0 Å². The number of aliphatic hydroxyl groups excluding tert-OH is 7. The summed E-state index contributed by atoms with van der Waals surface area (Å²) in [6.45, 7) is 2.53. The molecule has 2 aliphatic rings. The summed E-state index contributed by atoms with van der Waals surface area (Å²) in [7, 11) is 0. The molecule has 2 fully saturated rings. The highest BCUT2D eigenvalue weighted by Gasteiger charge is 2.47. The third kappa shape index (κ3) is 23.8. The third-order valence-electron chi connectivity index (χ3n) is 11.4. The summed E-state index contributed by atoms with van der Waals surface area (Å²) >= 11 is 0. The molecule has 2 rings (SSSR count). The van der Waals surface area contributed by atoms with Crippen LogP contribution in [0.15, 0.2) is 24.3 Å². The van der Waals surface area contributed by atoms with Gasteiger partial charge in [-0.15, -0.1) is 0 Å². The number of hydrogen-bond donors (Lipinski definition) is 7. The number of esters is 2. The molecule has 0 radical (unpaired) electrons. The van der Waals surface area contributed by atoms with Gasteiger partial charge in [0.2, 0.25) is 0 Å². The van der Waals surface area contributed by atoms with Crippen LogP contribution in [0.4, 0.5) is 0 Å². The van der Waals surface area contributed by atoms with Crippen LogP contribution in [0, 0.1) is 0 Å². The van der Waals surface area contributed by atoms with Gasteiger partial charge in [-0.2, -0.15) is 0 Å². The van der Waals surface area contributed by atoms with Gasteiger partial charge in [0.1, 0.15) is 55.4 Å². The second-order valence-electron chi connectivity index (χ2n) is 16.9. The van der Waals surface area contributed by atoms with E-state index < -0.39 is 92.7 Å². The Balaban J connectivity index is 1.85. The van der Waals surface area contributed by atoms with Gasteiger partial charge in [0.25, 0.3) is 0 Å². The SMILES string of the molecule is CCCCCC/C=C/CCCCCCCC(=O)OC[C@H](CO[C@@H]1O[C@H](CO[C@@H]2O[C@H](CO)[C@H](O)C(O)C2O)[C@H](O)C(O)C1O)OC(=O)CCCCCCC/C=C/CCCCCC. The molecule has 0 aromatic carbocycles. The monoisotopic (exact) mass is 889 g/mol. The van der Waals surface area contributed by atoms with Crippen molar-refractivity contribution in [2.75, 3.05) is 26.4 Å². The first kappa shape index (κ1) is 56.1. The fourth-order valence-corrected chi connectivity index (χ4v) is 7.38. The number of ether oxygens (including phenoxy) is 6. The second kappa shape index (κ2) is 35.3. The van der Waals surface area contributed by atoms with E-state index in [1.807, 2.05) is 0 Å². The van der Waals surface area contributed by atoms with E-state index in [-0.39, 0.29) is 26.1 Å². The van der Waals surface area contributed by atoms with Gasteiger partial charge in [0, 0.05) is 12.8 Å². The van der Waals surface area contributed by atoms with Gasteiger partial charge in [0.05, 0.1) is 19.8 Å². The Labute approximate surface area is 371 Å². The van der Waals surface area contributed by atoms with Crippen molar-refractivity contribution >= 4 is 11.9 Å². The first-order chi connectivity index (χ1) is 30.0. The highest BCUT2D eigenvalue weighted by Crippen LogP contribution is 2.26. The Kier molecular flexibility index (Phi) is 31.9. The van der Waals surface area contributed by atoms with Crippen molar-refractivity contribution in [3.8, 4) is 0 Å². The molecule has 0 bridgehead atoms. The number of aliphatic hydroxyl groups is 7. The Morgan fingerprint density at radius 1 is 0.500 bits per heavy atom. The molecule has 0 spiro atoms. The summed E-state index contributed by atoms with van der Waals surface area (Å²) in [5.41, 5.74) is 0. The molecule has 62 heavy (non-hydrogen) atoms. The average molecular weight is 889 g/mol. The number of carbonyl (C=O) groups is 2. The number of allylic oxidation sites excluding steroid dienone is 4. The summed E-state index contributed by atoms with van der Waals surface area (Å²) < 4.78 is 33.5. The molecule has 2 saturated heterocycles. The fourth-order valence-electron chi connectivity index (χ4n) is 7.38. The van der Waals surface area contributed by atoms with E-state index in [0.29, 0.717) is 12.8 Å². The maximum Gasteiger partial charge on any atom is 0.306 e. The molecular formula is C47H84O15. The Hall–Kier alpha value is -2.02. The van der Waals surface area contributed by atoms with Crippen LogP contribution >= 0.6 is 0 Å². The highest BCUT2D eigenvalue weighted by atomic mass is 16.7. The molecule has 0 amide bonds. The lowest BCUT2D eigenvalue weighted by Crippen LogP contribution is -2.61. The number of unbranched alkanes of at least 4 members (excludes halogenated alkanes) is 18. The highest BCUT2D eigenvalue weighted by molar-refractivity contribution is 5.70. The van der Waals surface area contributed by atoms with E-state index in [1.54, 1.807) is 0 Å². The largest absolute Gasteiger partial charge is 0.462 e. The van der Waals surface area contributed by atoms with Crippen LogP contribution in [-0.2, 0) is 38.0 Å². The van der Waals surface area contributed by atoms with Crippen LogP contribution in [0.25, 0.3) is 0 Å². The molecule has 2 heterocycles. The molecule has 11 atom stereocenters. The zero-order chi connectivity index (χ0) is 45.4. The van der Waals surface area contributed by atoms with Crippen LogP contribution in [-0.4, -0.2) is 142 Å². The standard InChI is InChI=1S/C47H84O15/c1-3-5-7-9-11-13-15-17-19-21-23-25-27-29-38(49)57-32-35(60-39(50)30-28-26-24-22-20-18-16-14-12-10-8-6-4-2)33-58-46-45(56)43(54)41(52)37(62-46)34-59-47-44(55)42(53)40(51)36(31-48)61-47/h13-16,35-37,40-48,51-56H,3-12,17-34H2,1-2H3/b15-13+,16-14+/t35-,36-,37-,40+,41+,42?,43?,44?,45?,46-,47-/m1/s1. The van der Waals surface area contributed by atoms with Crippen molar-refractivity contribution in [2.45, 2.75) is 235 Å². The molecule has 0 aromatic rings. The summed E-state index contributed by atoms with van der Waals surface area (Å²) in [5.74, 6) is -0.945. The normalized spacial score (nSPS) is 27.2. The van der Waals surface area contributed by atoms with E-state index in [4.69, 9.17) is 28.4 Å². The second-order valence-corrected chi connectivity index (χ2v) is 16.9. The summed E-state index contributed by atoms with van der Waals surface area (Å²) in [6.07, 6.45) is 16.4. The predicted octanol–water partition coefficient (Wildman–Crippen LogP) is 5.60. The van der Waals surface area contributed by atoms with Crippen molar-refractivity contribution < 1.29 is 73.8 Å². The van der Waals surface area contributed by atoms with E-state index in [0.717, 1.165) is 77.0 Å². The van der Waals surface area contributed by atoms with E-state index in [9.17, 15) is 45.3 Å². The van der Waals surface area contributed by atoms with Crippen molar-refractivity contribution in [3.63, 3.8) is 0 Å². The van der Waals surface area contributed by atoms with E-state index in [2.05, 4.69) is 38.2 Å². The van der Waals surface area contributed by atoms with Crippen molar-refractivity contribution in [1.82, 2.24) is 0 Å². The molecular weight excluding hydrogens is 805 g/mol. The molecule has 362 valence electrons. The minimum Gasteiger partial charge on any atom is -0.462 e. The quantitative estimate of drug-likeness (QED) is 0.0231. The summed E-state index contributed by atoms with van der Waals surface area (Å²) in [6, 6.07) is 0. The minimum atomic E-state index is -1.76. The number of carbonyl (C=O) groups excluding carboxylic acids is 2. The third-order valence-corrected chi connectivity index (χ3v) is 11.4. The smallest absolute Gasteiger partial charge is 0.306 e. The van der Waals surface area contributed by atoms with Crippen LogP contribution in [0.2, 0.25) is 0 Å². The lowest BCUT2D eigenvalue weighted by Gasteiger charge is -2.42. The number of hydrogen-bond acceptors (Lipinski definition) is 15. The summed E-state index contributed by atoms with van der Waals surface area (Å²) in [5, 5.41) is 71.9. The van der Waals surface area contributed by atoms with Crippen LogP contribution in [0.5, 0.6) is 0 Å². The van der Waals surface area contributed by atoms with E-state index >= 15 is 0 Å². The lowest BCUT2D eigenvalue weighted by atomic mass is 9.98. The molecule has 7 N–H and O–H groups in total. The molecule has 15 heteroatoms. The van der Waals surface area contributed by atoms with Crippen LogP contribution < -0.4 is 0 Å². The maximum absolute atomic E-state index is 12.9. The topological polar surface area (TPSA) is 231 Å². The Morgan fingerprint density at radius 2 is 0.919 bits per heavy atom. The zero-order valence-electron chi connectivity index (χ0n) is 37.9. The molecule has 2 aliphatic heterocycles. The first-order valence-electron chi connectivity index (χ1n) is 23.9. The first-order valence-corrected chi connectivity index (χ1v) is 23.9. The summed E-state index contributed by atoms with van der Waals surface area (Å²) in [4.78, 5) is 25.6. The molecule has 15 nitrogen and oxygen atoms in total. The lowest BCUT2D eigenvalue weighted by molar-refractivity contribution is -0.332. The van der Waals surface area contributed by atoms with Gasteiger partial charge in [-0.3, -0.25) is 9.59 Å². The van der Waals surface area contributed by atoms with Crippen LogP contribution in [0.3, 0.4) is 0 Å². The van der Waals surface area contributed by atoms with Crippen LogP contribution in [0.1, 0.15) is 168 Å². The average Bonchev–Trinajstić information content (AvgIpc) is 3.26. The van der Waals surface area contributed by atoms with Gasteiger partial charge >= 0.3 is 11.9 Å². The number of rotatable bonds is 36. The molecule has 4 unspecified atom stereocenters. The van der Waals surface area contributed by atoms with Crippen molar-refractivity contribution in [3.05, 3.63) is 24.3 Å². The van der Waals surface area contributed by atoms with E-state index in [1.165, 1.54) is 51.4 Å². The van der Waals surface area contributed by atoms with Gasteiger partial charge < -0.3 is 64.2 Å². The fraction of sp³-hybridized carbons (Fsp3) is 0.872. The molecule has 0 aliphatic carbocycles. The van der Waals surface area contributed by atoms with Gasteiger partial charge in [-0.25, -0.2) is 0 Å². The molecule has 0 saturated carbocycles. The maximum atomic E-state index is 12.9. The van der Waals surface area contributed by atoms with Gasteiger partial charge in [-0.1, -0.05) is 115 Å². The predicted molar refractivity (Wildman–Crippen MR) is 234 cm³/mol. The zero-order valence-corrected chi connectivity index (χ0v) is 37.9. The Bertz CT molecular complexity index is 1180. The minimum absolute atomic E-state index is 0.154. The van der Waals surface area contributed by atoms with Gasteiger partial charge in [-0.05, 0) is 64.2 Å². The molecule has 0 aromatic heterocycles.